The van der Waals surface area contributed by atoms with Crippen molar-refractivity contribution in [1.82, 2.24) is 0 Å². The van der Waals surface area contributed by atoms with Crippen molar-refractivity contribution in [2.24, 2.45) is 0 Å². The van der Waals surface area contributed by atoms with Crippen molar-refractivity contribution in [2.75, 3.05) is 0 Å². The molecule has 0 amide bonds. The Morgan fingerprint density at radius 1 is 1.11 bits per heavy atom. The standard InChI is InChI=1S/C14H13NO2S/c1-10-8-11(2)14(15(16)17)13(9-10)18-12-6-4-3-5-7-12/h3-9H,1-2H3. The lowest BCUT2D eigenvalue weighted by molar-refractivity contribution is -0.388. The van der Waals surface area contributed by atoms with Gasteiger partial charge in [0.05, 0.1) is 9.82 Å². The predicted molar refractivity (Wildman–Crippen MR) is 73.1 cm³/mol. The van der Waals surface area contributed by atoms with Crippen LogP contribution in [0, 0.1) is 24.0 Å². The van der Waals surface area contributed by atoms with Crippen LogP contribution in [0.3, 0.4) is 0 Å². The molecule has 4 heteroatoms. The third kappa shape index (κ3) is 2.71. The van der Waals surface area contributed by atoms with Gasteiger partial charge in [-0.25, -0.2) is 0 Å². The van der Waals surface area contributed by atoms with E-state index in [0.717, 1.165) is 10.5 Å². The van der Waals surface area contributed by atoms with Crippen LogP contribution in [0.5, 0.6) is 0 Å². The number of aryl methyl sites for hydroxylation is 2. The highest BCUT2D eigenvalue weighted by Crippen LogP contribution is 2.37. The van der Waals surface area contributed by atoms with E-state index in [1.165, 1.54) is 11.8 Å². The van der Waals surface area contributed by atoms with E-state index in [9.17, 15) is 10.1 Å². The molecule has 2 rings (SSSR count). The Hall–Kier alpha value is -1.81. The molecule has 92 valence electrons. The van der Waals surface area contributed by atoms with Gasteiger partial charge in [0, 0.05) is 10.5 Å². The molecular weight excluding hydrogens is 246 g/mol. The lowest BCUT2D eigenvalue weighted by Gasteiger charge is -2.06. The maximum Gasteiger partial charge on any atom is 0.286 e. The van der Waals surface area contributed by atoms with Gasteiger partial charge < -0.3 is 0 Å². The predicted octanol–water partition coefficient (Wildman–Crippen LogP) is 4.36. The fourth-order valence-electron chi connectivity index (χ4n) is 1.85. The number of benzene rings is 2. The van der Waals surface area contributed by atoms with Gasteiger partial charge in [0.2, 0.25) is 0 Å². The first kappa shape index (κ1) is 12.6. The van der Waals surface area contributed by atoms with Gasteiger partial charge in [-0.05, 0) is 43.7 Å². The molecule has 0 heterocycles. The first-order chi connectivity index (χ1) is 8.58. The number of hydrogen-bond acceptors (Lipinski definition) is 3. The van der Waals surface area contributed by atoms with Crippen molar-refractivity contribution in [1.29, 1.82) is 0 Å². The van der Waals surface area contributed by atoms with E-state index < -0.39 is 0 Å². The molecule has 18 heavy (non-hydrogen) atoms. The fourth-order valence-corrected chi connectivity index (χ4v) is 2.97. The smallest absolute Gasteiger partial charge is 0.258 e. The summed E-state index contributed by atoms with van der Waals surface area (Å²) in [6.07, 6.45) is 0. The maximum absolute atomic E-state index is 11.1. The molecule has 0 spiro atoms. The number of rotatable bonds is 3. The largest absolute Gasteiger partial charge is 0.286 e. The first-order valence-corrected chi connectivity index (χ1v) is 6.38. The molecule has 0 N–H and O–H groups in total. The summed E-state index contributed by atoms with van der Waals surface area (Å²) < 4.78 is 0. The minimum absolute atomic E-state index is 0.203. The Morgan fingerprint density at radius 2 is 1.78 bits per heavy atom. The Morgan fingerprint density at radius 3 is 2.39 bits per heavy atom. The van der Waals surface area contributed by atoms with Crippen LogP contribution in [0.25, 0.3) is 0 Å². The summed E-state index contributed by atoms with van der Waals surface area (Å²) in [4.78, 5) is 12.5. The van der Waals surface area contributed by atoms with Crippen LogP contribution in [0.1, 0.15) is 11.1 Å². The molecule has 2 aromatic carbocycles. The number of hydrogen-bond donors (Lipinski definition) is 0. The van der Waals surface area contributed by atoms with Crippen LogP contribution in [0.2, 0.25) is 0 Å². The van der Waals surface area contributed by atoms with Crippen molar-refractivity contribution in [3.8, 4) is 0 Å². The summed E-state index contributed by atoms with van der Waals surface area (Å²) in [6, 6.07) is 13.4. The zero-order valence-corrected chi connectivity index (χ0v) is 11.0. The molecule has 0 aliphatic heterocycles. The zero-order chi connectivity index (χ0) is 13.1. The average Bonchev–Trinajstić information content (AvgIpc) is 2.28. The molecule has 3 nitrogen and oxygen atoms in total. The van der Waals surface area contributed by atoms with E-state index in [0.29, 0.717) is 10.5 Å². The summed E-state index contributed by atoms with van der Waals surface area (Å²) in [5, 5.41) is 11.1. The molecule has 2 aromatic rings. The summed E-state index contributed by atoms with van der Waals surface area (Å²) in [5.74, 6) is 0. The minimum atomic E-state index is -0.306. The second-order valence-electron chi connectivity index (χ2n) is 4.10. The summed E-state index contributed by atoms with van der Waals surface area (Å²) in [6.45, 7) is 3.73. The van der Waals surface area contributed by atoms with Gasteiger partial charge in [0.25, 0.3) is 5.69 Å². The molecular formula is C14H13NO2S. The average molecular weight is 259 g/mol. The highest BCUT2D eigenvalue weighted by atomic mass is 32.2. The Bertz CT molecular complexity index is 582. The third-order valence-electron chi connectivity index (χ3n) is 2.56. The third-order valence-corrected chi connectivity index (χ3v) is 3.60. The van der Waals surface area contributed by atoms with Gasteiger partial charge in [-0.3, -0.25) is 10.1 Å². The normalized spacial score (nSPS) is 10.3. The van der Waals surface area contributed by atoms with E-state index in [1.807, 2.05) is 49.4 Å². The molecule has 0 fully saturated rings. The lowest BCUT2D eigenvalue weighted by Crippen LogP contribution is -1.95. The molecule has 0 radical (unpaired) electrons. The monoisotopic (exact) mass is 259 g/mol. The number of nitro groups is 1. The SMILES string of the molecule is Cc1cc(C)c([N+](=O)[O-])c(Sc2ccccc2)c1. The molecule has 0 bridgehead atoms. The molecule has 0 saturated heterocycles. The molecule has 0 saturated carbocycles. The Balaban J connectivity index is 2.46. The van der Waals surface area contributed by atoms with E-state index in [4.69, 9.17) is 0 Å². The van der Waals surface area contributed by atoms with Crippen LogP contribution in [-0.2, 0) is 0 Å². The minimum Gasteiger partial charge on any atom is -0.258 e. The molecule has 0 aliphatic rings. The lowest BCUT2D eigenvalue weighted by atomic mass is 10.1. The summed E-state index contributed by atoms with van der Waals surface area (Å²) >= 11 is 1.43. The second kappa shape index (κ2) is 5.23. The van der Waals surface area contributed by atoms with E-state index in [1.54, 1.807) is 6.92 Å². The molecule has 0 unspecified atom stereocenters. The van der Waals surface area contributed by atoms with Crippen molar-refractivity contribution >= 4 is 17.4 Å². The summed E-state index contributed by atoms with van der Waals surface area (Å²) in [5.41, 5.74) is 1.95. The van der Waals surface area contributed by atoms with Gasteiger partial charge in [0.1, 0.15) is 0 Å². The Labute approximate surface area is 110 Å². The molecule has 0 atom stereocenters. The van der Waals surface area contributed by atoms with Crippen molar-refractivity contribution in [3.63, 3.8) is 0 Å². The highest BCUT2D eigenvalue weighted by Gasteiger charge is 2.18. The number of nitro benzene ring substituents is 1. The van der Waals surface area contributed by atoms with E-state index in [2.05, 4.69) is 0 Å². The quantitative estimate of drug-likeness (QED) is 0.607. The second-order valence-corrected chi connectivity index (χ2v) is 5.22. The topological polar surface area (TPSA) is 43.1 Å². The molecule has 0 aromatic heterocycles. The van der Waals surface area contributed by atoms with Crippen LogP contribution < -0.4 is 0 Å². The van der Waals surface area contributed by atoms with Crippen molar-refractivity contribution in [2.45, 2.75) is 23.6 Å². The van der Waals surface area contributed by atoms with E-state index >= 15 is 0 Å². The van der Waals surface area contributed by atoms with Gasteiger partial charge in [-0.2, -0.15) is 0 Å². The van der Waals surface area contributed by atoms with E-state index in [-0.39, 0.29) is 10.6 Å². The summed E-state index contributed by atoms with van der Waals surface area (Å²) in [7, 11) is 0. The van der Waals surface area contributed by atoms with Gasteiger partial charge in [0.15, 0.2) is 0 Å². The first-order valence-electron chi connectivity index (χ1n) is 5.56. The van der Waals surface area contributed by atoms with Gasteiger partial charge in [-0.1, -0.05) is 30.0 Å². The fraction of sp³-hybridized carbons (Fsp3) is 0.143. The maximum atomic E-state index is 11.1. The van der Waals surface area contributed by atoms with Crippen molar-refractivity contribution < 1.29 is 4.92 Å². The number of nitrogens with zero attached hydrogens (tertiary/aromatic N) is 1. The Kier molecular flexibility index (Phi) is 3.67. The highest BCUT2D eigenvalue weighted by molar-refractivity contribution is 7.99. The van der Waals surface area contributed by atoms with Crippen molar-refractivity contribution in [3.05, 3.63) is 63.7 Å². The van der Waals surface area contributed by atoms with Crippen LogP contribution in [-0.4, -0.2) is 4.92 Å². The van der Waals surface area contributed by atoms with Crippen LogP contribution >= 0.6 is 11.8 Å². The molecule has 0 aliphatic carbocycles. The van der Waals surface area contributed by atoms with Crippen LogP contribution in [0.4, 0.5) is 5.69 Å². The van der Waals surface area contributed by atoms with Gasteiger partial charge in [-0.15, -0.1) is 0 Å². The van der Waals surface area contributed by atoms with Crippen LogP contribution in [0.15, 0.2) is 52.3 Å². The zero-order valence-electron chi connectivity index (χ0n) is 10.2. The van der Waals surface area contributed by atoms with Gasteiger partial charge >= 0.3 is 0 Å².